The lowest BCUT2D eigenvalue weighted by Crippen LogP contribution is -2.32. The van der Waals surface area contributed by atoms with E-state index in [1.54, 1.807) is 0 Å². The summed E-state index contributed by atoms with van der Waals surface area (Å²) in [6.45, 7) is 3.97. The average Bonchev–Trinajstić information content (AvgIpc) is 2.80. The number of hydrogen-bond donors (Lipinski definition) is 1. The second-order valence-corrected chi connectivity index (χ2v) is 6.02. The van der Waals surface area contributed by atoms with Gasteiger partial charge >= 0.3 is 0 Å². The van der Waals surface area contributed by atoms with Crippen LogP contribution in [0, 0.1) is 5.92 Å². The maximum Gasteiger partial charge on any atom is 0.250 e. The number of carbonyl (C=O) groups is 1. The molecule has 1 aromatic heterocycles. The van der Waals surface area contributed by atoms with Crippen molar-refractivity contribution in [2.75, 3.05) is 0 Å². The molecule has 1 amide bonds. The molecule has 2 heterocycles. The van der Waals surface area contributed by atoms with Crippen LogP contribution in [0.15, 0.2) is 39.8 Å². The number of rotatable bonds is 2. The number of hydrogen-bond acceptors (Lipinski definition) is 3. The summed E-state index contributed by atoms with van der Waals surface area (Å²) in [6.07, 6.45) is 0. The second-order valence-electron chi connectivity index (χ2n) is 5.17. The van der Waals surface area contributed by atoms with Crippen LogP contribution < -0.4 is 5.32 Å². The van der Waals surface area contributed by atoms with Gasteiger partial charge in [0.25, 0.3) is 5.91 Å². The van der Waals surface area contributed by atoms with Gasteiger partial charge in [-0.05, 0) is 34.0 Å². The van der Waals surface area contributed by atoms with Gasteiger partial charge in [-0.3, -0.25) is 9.79 Å². The Morgan fingerprint density at radius 2 is 2.05 bits per heavy atom. The van der Waals surface area contributed by atoms with Crippen molar-refractivity contribution in [3.05, 3.63) is 40.5 Å². The van der Waals surface area contributed by atoms with Gasteiger partial charge in [-0.2, -0.15) is 0 Å². The minimum absolute atomic E-state index is 0.0585. The maximum absolute atomic E-state index is 11.9. The van der Waals surface area contributed by atoms with Crippen molar-refractivity contribution < 1.29 is 4.79 Å². The lowest BCUT2D eigenvalue weighted by Gasteiger charge is -2.06. The Balaban J connectivity index is 2.09. The number of aromatic nitrogens is 1. The van der Waals surface area contributed by atoms with Gasteiger partial charge in [0.05, 0.1) is 5.52 Å². The van der Waals surface area contributed by atoms with Crippen molar-refractivity contribution in [3.8, 4) is 0 Å². The topological polar surface area (TPSA) is 54.4 Å². The molecular formula is C15H14BrN3O. The first-order valence-corrected chi connectivity index (χ1v) is 7.30. The summed E-state index contributed by atoms with van der Waals surface area (Å²) in [4.78, 5) is 21.0. The molecule has 102 valence electrons. The molecule has 0 fully saturated rings. The lowest BCUT2D eigenvalue weighted by molar-refractivity contribution is -0.120. The van der Waals surface area contributed by atoms with Crippen LogP contribution >= 0.6 is 15.9 Å². The number of aliphatic imine (C=N–C) groups is 1. The molecule has 5 heteroatoms. The van der Waals surface area contributed by atoms with Crippen LogP contribution in [-0.4, -0.2) is 22.8 Å². The highest BCUT2D eigenvalue weighted by atomic mass is 79.9. The van der Waals surface area contributed by atoms with E-state index in [0.717, 1.165) is 15.4 Å². The first kappa shape index (κ1) is 13.2. The summed E-state index contributed by atoms with van der Waals surface area (Å²) in [6, 6.07) is 9.53. The van der Waals surface area contributed by atoms with Gasteiger partial charge in [0.1, 0.15) is 11.7 Å². The van der Waals surface area contributed by atoms with Gasteiger partial charge in [0.2, 0.25) is 0 Å². The van der Waals surface area contributed by atoms with Crippen LogP contribution in [-0.2, 0) is 4.79 Å². The third kappa shape index (κ3) is 2.22. The van der Waals surface area contributed by atoms with Crippen molar-refractivity contribution >= 4 is 38.6 Å². The molecule has 0 bridgehead atoms. The Kier molecular flexibility index (Phi) is 3.30. The predicted octanol–water partition coefficient (Wildman–Crippen LogP) is 2.90. The molecule has 0 spiro atoms. The molecule has 1 aromatic carbocycles. The number of pyridine rings is 1. The molecule has 1 aliphatic rings. The zero-order valence-corrected chi connectivity index (χ0v) is 12.8. The molecule has 2 aromatic rings. The number of nitrogens with one attached hydrogen (secondary N) is 1. The van der Waals surface area contributed by atoms with E-state index >= 15 is 0 Å². The molecule has 3 rings (SSSR count). The molecule has 0 radical (unpaired) electrons. The fourth-order valence-corrected chi connectivity index (χ4v) is 2.77. The first-order chi connectivity index (χ1) is 9.56. The Labute approximate surface area is 125 Å². The van der Waals surface area contributed by atoms with Gasteiger partial charge in [-0.25, -0.2) is 4.98 Å². The highest BCUT2D eigenvalue weighted by Crippen LogP contribution is 2.24. The van der Waals surface area contributed by atoms with Crippen LogP contribution in [0.4, 0.5) is 0 Å². The number of carbonyl (C=O) groups excluding carboxylic acids is 1. The number of benzene rings is 1. The molecule has 4 nitrogen and oxygen atoms in total. The summed E-state index contributed by atoms with van der Waals surface area (Å²) >= 11 is 3.51. The van der Waals surface area contributed by atoms with Crippen molar-refractivity contribution in [2.45, 2.75) is 19.9 Å². The summed E-state index contributed by atoms with van der Waals surface area (Å²) in [5.41, 5.74) is 1.57. The highest BCUT2D eigenvalue weighted by Gasteiger charge is 2.30. The maximum atomic E-state index is 11.9. The normalized spacial score (nSPS) is 18.5. The van der Waals surface area contributed by atoms with E-state index in [-0.39, 0.29) is 17.9 Å². The summed E-state index contributed by atoms with van der Waals surface area (Å²) in [7, 11) is 0. The van der Waals surface area contributed by atoms with Gasteiger partial charge in [-0.1, -0.05) is 32.0 Å². The lowest BCUT2D eigenvalue weighted by atomic mass is 10.1. The Hall–Kier alpha value is -1.75. The van der Waals surface area contributed by atoms with Crippen LogP contribution in [0.2, 0.25) is 0 Å². The van der Waals surface area contributed by atoms with E-state index < -0.39 is 0 Å². The highest BCUT2D eigenvalue weighted by molar-refractivity contribution is 9.10. The van der Waals surface area contributed by atoms with E-state index in [1.165, 1.54) is 0 Å². The van der Waals surface area contributed by atoms with Crippen LogP contribution in [0.3, 0.4) is 0 Å². The van der Waals surface area contributed by atoms with E-state index in [1.807, 2.05) is 44.2 Å². The number of halogens is 1. The Morgan fingerprint density at radius 1 is 1.30 bits per heavy atom. The SMILES string of the molecule is CC(C)C1N=C(c2nc3ccccc3cc2Br)NC1=O. The molecule has 0 saturated heterocycles. The van der Waals surface area contributed by atoms with E-state index in [2.05, 4.69) is 31.2 Å². The number of amides is 1. The van der Waals surface area contributed by atoms with Crippen LogP contribution in [0.25, 0.3) is 10.9 Å². The standard InChI is InChI=1S/C15H14BrN3O/c1-8(2)12-15(20)19-14(18-12)13-10(16)7-9-5-3-4-6-11(9)17-13/h3-8,12H,1-2H3,(H,18,19,20). The quantitative estimate of drug-likeness (QED) is 0.919. The number of amidine groups is 1. The molecule has 1 aliphatic heterocycles. The van der Waals surface area contributed by atoms with Crippen LogP contribution in [0.5, 0.6) is 0 Å². The largest absolute Gasteiger partial charge is 0.307 e. The second kappa shape index (κ2) is 4.98. The van der Waals surface area contributed by atoms with Gasteiger partial charge in [0, 0.05) is 9.86 Å². The number of para-hydroxylation sites is 1. The molecule has 1 unspecified atom stereocenters. The van der Waals surface area contributed by atoms with Crippen molar-refractivity contribution in [2.24, 2.45) is 10.9 Å². The summed E-state index contributed by atoms with van der Waals surface area (Å²) in [5.74, 6) is 0.662. The first-order valence-electron chi connectivity index (χ1n) is 6.50. The molecule has 1 atom stereocenters. The predicted molar refractivity (Wildman–Crippen MR) is 82.7 cm³/mol. The van der Waals surface area contributed by atoms with Gasteiger partial charge < -0.3 is 5.32 Å². The monoisotopic (exact) mass is 331 g/mol. The molecule has 0 aliphatic carbocycles. The minimum atomic E-state index is -0.329. The smallest absolute Gasteiger partial charge is 0.250 e. The Bertz CT molecular complexity index is 724. The van der Waals surface area contributed by atoms with Crippen molar-refractivity contribution in [3.63, 3.8) is 0 Å². The van der Waals surface area contributed by atoms with Crippen molar-refractivity contribution in [1.29, 1.82) is 0 Å². The minimum Gasteiger partial charge on any atom is -0.307 e. The number of nitrogens with zero attached hydrogens (tertiary/aromatic N) is 2. The zero-order chi connectivity index (χ0) is 14.3. The molecule has 1 N–H and O–H groups in total. The van der Waals surface area contributed by atoms with Gasteiger partial charge in [-0.15, -0.1) is 0 Å². The molecular weight excluding hydrogens is 318 g/mol. The van der Waals surface area contributed by atoms with Crippen LogP contribution in [0.1, 0.15) is 19.5 Å². The fraction of sp³-hybridized carbons (Fsp3) is 0.267. The Morgan fingerprint density at radius 3 is 2.75 bits per heavy atom. The third-order valence-corrected chi connectivity index (χ3v) is 3.92. The van der Waals surface area contributed by atoms with E-state index in [9.17, 15) is 4.79 Å². The third-order valence-electron chi connectivity index (χ3n) is 3.31. The fourth-order valence-electron chi connectivity index (χ4n) is 2.25. The zero-order valence-electron chi connectivity index (χ0n) is 11.2. The van der Waals surface area contributed by atoms with E-state index in [4.69, 9.17) is 0 Å². The van der Waals surface area contributed by atoms with Crippen molar-refractivity contribution in [1.82, 2.24) is 10.3 Å². The summed E-state index contributed by atoms with van der Waals surface area (Å²) < 4.78 is 0.833. The summed E-state index contributed by atoms with van der Waals surface area (Å²) in [5, 5.41) is 3.88. The molecule has 20 heavy (non-hydrogen) atoms. The average molecular weight is 332 g/mol. The van der Waals surface area contributed by atoms with E-state index in [0.29, 0.717) is 11.5 Å². The molecule has 0 saturated carbocycles. The van der Waals surface area contributed by atoms with Gasteiger partial charge in [0.15, 0.2) is 5.84 Å². The number of fused-ring (bicyclic) bond motifs is 1.